The maximum Gasteiger partial charge on any atom is 0.343 e. The lowest BCUT2D eigenvalue weighted by Crippen LogP contribution is -2.25. The minimum absolute atomic E-state index is 0.124. The van der Waals surface area contributed by atoms with E-state index in [-0.39, 0.29) is 17.7 Å². The minimum Gasteiger partial charge on any atom is -0.462 e. The lowest BCUT2D eigenvalue weighted by Gasteiger charge is -2.16. The Bertz CT molecular complexity index is 1110. The monoisotopic (exact) mass is 361 g/mol. The second-order valence-electron chi connectivity index (χ2n) is 7.20. The van der Waals surface area contributed by atoms with Crippen LogP contribution in [-0.4, -0.2) is 17.0 Å². The van der Waals surface area contributed by atoms with Crippen LogP contribution in [-0.2, 0) is 4.74 Å². The third-order valence-electron chi connectivity index (χ3n) is 5.36. The van der Waals surface area contributed by atoms with Gasteiger partial charge >= 0.3 is 5.97 Å². The zero-order valence-corrected chi connectivity index (χ0v) is 15.9. The van der Waals surface area contributed by atoms with E-state index in [0.29, 0.717) is 5.92 Å². The van der Waals surface area contributed by atoms with Gasteiger partial charge in [0.1, 0.15) is 5.56 Å². The Morgan fingerprint density at radius 1 is 1.15 bits per heavy atom. The van der Waals surface area contributed by atoms with Gasteiger partial charge in [0.25, 0.3) is 5.56 Å². The number of carbonyl (C=O) groups excluding carboxylic acids is 1. The van der Waals surface area contributed by atoms with Crippen molar-refractivity contribution in [3.63, 3.8) is 0 Å². The van der Waals surface area contributed by atoms with Crippen LogP contribution in [0, 0.1) is 13.8 Å². The van der Waals surface area contributed by atoms with Gasteiger partial charge in [0.2, 0.25) is 0 Å². The van der Waals surface area contributed by atoms with E-state index >= 15 is 0 Å². The van der Waals surface area contributed by atoms with Crippen molar-refractivity contribution in [1.82, 2.24) is 4.40 Å². The maximum absolute atomic E-state index is 13.0. The van der Waals surface area contributed by atoms with Gasteiger partial charge in [-0.2, -0.15) is 0 Å². The fourth-order valence-electron chi connectivity index (χ4n) is 3.82. The number of aromatic nitrogens is 1. The molecule has 2 aromatic heterocycles. The lowest BCUT2D eigenvalue weighted by molar-refractivity contribution is 0.0524. The van der Waals surface area contributed by atoms with E-state index in [2.05, 4.69) is 26.0 Å². The number of fused-ring (bicyclic) bond motifs is 1. The van der Waals surface area contributed by atoms with Gasteiger partial charge < -0.3 is 4.74 Å². The van der Waals surface area contributed by atoms with Crippen molar-refractivity contribution in [3.8, 4) is 11.1 Å². The van der Waals surface area contributed by atoms with Crippen LogP contribution in [0.3, 0.4) is 0 Å². The molecule has 1 aliphatic carbocycles. The van der Waals surface area contributed by atoms with E-state index in [1.54, 1.807) is 23.6 Å². The van der Waals surface area contributed by atoms with Gasteiger partial charge in [-0.05, 0) is 79.5 Å². The molecule has 0 spiro atoms. The molecular weight excluding hydrogens is 338 g/mol. The zero-order chi connectivity index (χ0) is 19.1. The summed E-state index contributed by atoms with van der Waals surface area (Å²) in [7, 11) is 0. The molecule has 0 atom stereocenters. The average molecular weight is 361 g/mol. The van der Waals surface area contributed by atoms with E-state index < -0.39 is 5.97 Å². The van der Waals surface area contributed by atoms with Crippen LogP contribution in [0.25, 0.3) is 16.6 Å². The smallest absolute Gasteiger partial charge is 0.343 e. The molecule has 4 nitrogen and oxygen atoms in total. The molecular formula is C23H23NO3. The SMILES string of the molecule is CCOC(=O)c1cc(C2CC2)c2c(C)c(-c3ccccc3C)ccn2c1=O. The first kappa shape index (κ1) is 17.5. The summed E-state index contributed by atoms with van der Waals surface area (Å²) in [5.74, 6) is -0.140. The molecule has 0 radical (unpaired) electrons. The van der Waals surface area contributed by atoms with Crippen molar-refractivity contribution >= 4 is 11.5 Å². The molecule has 0 aliphatic heterocycles. The van der Waals surface area contributed by atoms with Crippen molar-refractivity contribution in [2.24, 2.45) is 0 Å². The van der Waals surface area contributed by atoms with E-state index in [4.69, 9.17) is 4.74 Å². The van der Waals surface area contributed by atoms with Crippen molar-refractivity contribution in [2.75, 3.05) is 6.61 Å². The molecule has 4 rings (SSSR count). The van der Waals surface area contributed by atoms with Gasteiger partial charge in [-0.25, -0.2) is 4.79 Å². The summed E-state index contributed by atoms with van der Waals surface area (Å²) in [4.78, 5) is 25.3. The fraction of sp³-hybridized carbons (Fsp3) is 0.304. The molecule has 1 fully saturated rings. The Kier molecular flexibility index (Phi) is 4.34. The Morgan fingerprint density at radius 2 is 1.89 bits per heavy atom. The molecule has 0 N–H and O–H groups in total. The highest BCUT2D eigenvalue weighted by Crippen LogP contribution is 2.43. The minimum atomic E-state index is -0.542. The normalized spacial score (nSPS) is 13.7. The van der Waals surface area contributed by atoms with Crippen LogP contribution >= 0.6 is 0 Å². The third-order valence-corrected chi connectivity index (χ3v) is 5.36. The Morgan fingerprint density at radius 3 is 2.56 bits per heavy atom. The van der Waals surface area contributed by atoms with Crippen LogP contribution in [0.4, 0.5) is 0 Å². The summed E-state index contributed by atoms with van der Waals surface area (Å²) in [6, 6.07) is 12.0. The first-order valence-electron chi connectivity index (χ1n) is 9.45. The predicted molar refractivity (Wildman–Crippen MR) is 107 cm³/mol. The number of pyridine rings is 2. The molecule has 1 aliphatic rings. The van der Waals surface area contributed by atoms with Gasteiger partial charge in [-0.1, -0.05) is 24.3 Å². The molecule has 27 heavy (non-hydrogen) atoms. The summed E-state index contributed by atoms with van der Waals surface area (Å²) < 4.78 is 6.72. The Balaban J connectivity index is 2.02. The predicted octanol–water partition coefficient (Wildman–Crippen LogP) is 4.64. The summed E-state index contributed by atoms with van der Waals surface area (Å²) in [5, 5.41) is 0. The number of benzene rings is 1. The number of aryl methyl sites for hydroxylation is 2. The van der Waals surface area contributed by atoms with Crippen LogP contribution in [0.5, 0.6) is 0 Å². The summed E-state index contributed by atoms with van der Waals surface area (Å²) in [5.41, 5.74) is 6.37. The Hall–Kier alpha value is -2.88. The quantitative estimate of drug-likeness (QED) is 0.636. The second-order valence-corrected chi connectivity index (χ2v) is 7.20. The van der Waals surface area contributed by atoms with Gasteiger partial charge in [0.15, 0.2) is 0 Å². The van der Waals surface area contributed by atoms with Crippen molar-refractivity contribution in [1.29, 1.82) is 0 Å². The first-order chi connectivity index (χ1) is 13.0. The molecule has 0 amide bonds. The highest BCUT2D eigenvalue weighted by Gasteiger charge is 2.29. The number of ether oxygens (including phenoxy) is 1. The number of hydrogen-bond donors (Lipinski definition) is 0. The molecule has 0 unspecified atom stereocenters. The number of carbonyl (C=O) groups is 1. The molecule has 4 heteroatoms. The second kappa shape index (κ2) is 6.69. The topological polar surface area (TPSA) is 47.8 Å². The summed E-state index contributed by atoms with van der Waals surface area (Å²) in [6.07, 6.45) is 3.97. The highest BCUT2D eigenvalue weighted by atomic mass is 16.5. The van der Waals surface area contributed by atoms with Crippen LogP contribution in [0.1, 0.15) is 52.7 Å². The lowest BCUT2D eigenvalue weighted by atomic mass is 9.94. The van der Waals surface area contributed by atoms with Crippen LogP contribution in [0.15, 0.2) is 47.4 Å². The van der Waals surface area contributed by atoms with Gasteiger partial charge in [0, 0.05) is 6.20 Å². The fourth-order valence-corrected chi connectivity index (χ4v) is 3.82. The van der Waals surface area contributed by atoms with Gasteiger partial charge in [-0.3, -0.25) is 9.20 Å². The average Bonchev–Trinajstić information content (AvgIpc) is 3.49. The number of rotatable bonds is 4. The standard InChI is InChI=1S/C23H23NO3/c1-4-27-23(26)20-13-19(16-9-10-16)21-15(3)18(11-12-24(21)22(20)25)17-8-6-5-7-14(17)2/h5-8,11-13,16H,4,9-10H2,1-3H3. The number of hydrogen-bond acceptors (Lipinski definition) is 3. The molecule has 1 aromatic carbocycles. The molecule has 1 saturated carbocycles. The van der Waals surface area contributed by atoms with Crippen molar-refractivity contribution in [2.45, 2.75) is 39.5 Å². The van der Waals surface area contributed by atoms with Crippen LogP contribution in [0.2, 0.25) is 0 Å². The molecule has 3 aromatic rings. The number of nitrogens with zero attached hydrogens (tertiary/aromatic N) is 1. The van der Waals surface area contributed by atoms with Crippen molar-refractivity contribution in [3.05, 3.63) is 75.2 Å². The Labute approximate surface area is 158 Å². The zero-order valence-electron chi connectivity index (χ0n) is 15.9. The largest absolute Gasteiger partial charge is 0.462 e. The van der Waals surface area contributed by atoms with Crippen LogP contribution < -0.4 is 5.56 Å². The maximum atomic E-state index is 13.0. The van der Waals surface area contributed by atoms with E-state index in [1.807, 2.05) is 18.2 Å². The molecule has 2 heterocycles. The van der Waals surface area contributed by atoms with E-state index in [9.17, 15) is 9.59 Å². The first-order valence-corrected chi connectivity index (χ1v) is 9.45. The van der Waals surface area contributed by atoms with Crippen molar-refractivity contribution < 1.29 is 9.53 Å². The van der Waals surface area contributed by atoms with E-state index in [0.717, 1.165) is 35.0 Å². The molecule has 138 valence electrons. The highest BCUT2D eigenvalue weighted by molar-refractivity contribution is 5.91. The molecule has 0 bridgehead atoms. The summed E-state index contributed by atoms with van der Waals surface area (Å²) >= 11 is 0. The number of esters is 1. The van der Waals surface area contributed by atoms with Gasteiger partial charge in [-0.15, -0.1) is 0 Å². The summed E-state index contributed by atoms with van der Waals surface area (Å²) in [6.45, 7) is 6.16. The van der Waals surface area contributed by atoms with E-state index in [1.165, 1.54) is 11.1 Å². The molecule has 0 saturated heterocycles. The van der Waals surface area contributed by atoms with Gasteiger partial charge in [0.05, 0.1) is 12.1 Å². The third kappa shape index (κ3) is 2.95.